The highest BCUT2D eigenvalue weighted by molar-refractivity contribution is 7.13. The summed E-state index contributed by atoms with van der Waals surface area (Å²) < 4.78 is 10.8. The lowest BCUT2D eigenvalue weighted by Gasteiger charge is -2.10. The molecule has 0 saturated carbocycles. The van der Waals surface area contributed by atoms with E-state index in [2.05, 4.69) is 20.8 Å². The third kappa shape index (κ3) is 6.24. The molecule has 0 aliphatic carbocycles. The number of hydrogen-bond donors (Lipinski definition) is 2. The molecule has 0 radical (unpaired) electrons. The number of rotatable bonds is 8. The van der Waals surface area contributed by atoms with Crippen LogP contribution in [-0.2, 0) is 20.9 Å². The molecule has 144 valence electrons. The van der Waals surface area contributed by atoms with E-state index < -0.39 is 0 Å². The zero-order valence-electron chi connectivity index (χ0n) is 14.4. The van der Waals surface area contributed by atoms with Gasteiger partial charge in [-0.3, -0.25) is 9.59 Å². The third-order valence-electron chi connectivity index (χ3n) is 3.75. The van der Waals surface area contributed by atoms with Crippen LogP contribution in [-0.4, -0.2) is 47.9 Å². The molecule has 1 atom stereocenters. The van der Waals surface area contributed by atoms with E-state index in [1.165, 1.54) is 0 Å². The van der Waals surface area contributed by atoms with E-state index in [9.17, 15) is 9.59 Å². The number of carbonyl (C=O) groups is 2. The molecule has 8 nitrogen and oxygen atoms in total. The summed E-state index contributed by atoms with van der Waals surface area (Å²) in [4.78, 5) is 23.9. The Balaban J connectivity index is 1.39. The first-order chi connectivity index (χ1) is 13.1. The van der Waals surface area contributed by atoms with Crippen LogP contribution in [0.2, 0.25) is 5.02 Å². The molecule has 2 N–H and O–H groups in total. The molecule has 0 bridgehead atoms. The van der Waals surface area contributed by atoms with E-state index in [1.54, 1.807) is 24.3 Å². The normalized spacial score (nSPS) is 16.3. The van der Waals surface area contributed by atoms with E-state index in [0.29, 0.717) is 22.3 Å². The molecule has 1 aliphatic rings. The Morgan fingerprint density at radius 3 is 3.04 bits per heavy atom. The second-order valence-electron chi connectivity index (χ2n) is 5.90. The lowest BCUT2D eigenvalue weighted by molar-refractivity contribution is -0.126. The van der Waals surface area contributed by atoms with Gasteiger partial charge in [0.1, 0.15) is 18.2 Å². The van der Waals surface area contributed by atoms with Crippen molar-refractivity contribution in [2.45, 2.75) is 25.6 Å². The summed E-state index contributed by atoms with van der Waals surface area (Å²) in [7, 11) is 0. The molecular weight excluding hydrogens is 392 g/mol. The highest BCUT2D eigenvalue weighted by atomic mass is 35.5. The van der Waals surface area contributed by atoms with Crippen LogP contribution >= 0.6 is 22.9 Å². The molecule has 1 aromatic heterocycles. The molecule has 2 aromatic rings. The minimum atomic E-state index is -0.379. The summed E-state index contributed by atoms with van der Waals surface area (Å²) >= 11 is 6.99. The van der Waals surface area contributed by atoms with Gasteiger partial charge < -0.3 is 20.1 Å². The Kier molecular flexibility index (Phi) is 7.11. The average Bonchev–Trinajstić information content (AvgIpc) is 3.32. The monoisotopic (exact) mass is 410 g/mol. The van der Waals surface area contributed by atoms with E-state index in [1.807, 2.05) is 0 Å². The fraction of sp³-hybridized carbons (Fsp3) is 0.412. The third-order valence-corrected chi connectivity index (χ3v) is 4.88. The van der Waals surface area contributed by atoms with Gasteiger partial charge in [0.25, 0.3) is 5.91 Å². The Hall–Kier alpha value is -2.07. The van der Waals surface area contributed by atoms with Gasteiger partial charge in [-0.1, -0.05) is 29.0 Å². The number of nitrogens with zero attached hydrogens (tertiary/aromatic N) is 2. The highest BCUT2D eigenvalue weighted by Crippen LogP contribution is 2.17. The minimum absolute atomic E-state index is 0.0870. The molecule has 0 spiro atoms. The van der Waals surface area contributed by atoms with Crippen LogP contribution in [0.15, 0.2) is 24.3 Å². The Morgan fingerprint density at radius 2 is 2.26 bits per heavy atom. The summed E-state index contributed by atoms with van der Waals surface area (Å²) in [5.74, 6) is -0.593. The van der Waals surface area contributed by atoms with Gasteiger partial charge in [0, 0.05) is 23.9 Å². The molecule has 1 saturated heterocycles. The number of halogens is 1. The Bertz CT molecular complexity index is 795. The molecule has 2 amide bonds. The lowest BCUT2D eigenvalue weighted by atomic mass is 10.2. The van der Waals surface area contributed by atoms with Crippen LogP contribution < -0.4 is 10.6 Å². The van der Waals surface area contributed by atoms with Crippen LogP contribution in [0.3, 0.4) is 0 Å². The molecule has 1 aliphatic heterocycles. The molecule has 2 heterocycles. The van der Waals surface area contributed by atoms with Gasteiger partial charge in [0.2, 0.25) is 10.9 Å². The van der Waals surface area contributed by atoms with E-state index >= 15 is 0 Å². The van der Waals surface area contributed by atoms with Gasteiger partial charge in [0.15, 0.2) is 0 Å². The first kappa shape index (κ1) is 19.7. The zero-order chi connectivity index (χ0) is 19.1. The number of aromatic nitrogens is 2. The van der Waals surface area contributed by atoms with Crippen molar-refractivity contribution < 1.29 is 19.1 Å². The quantitative estimate of drug-likeness (QED) is 0.692. The van der Waals surface area contributed by atoms with Crippen molar-refractivity contribution in [3.05, 3.63) is 39.3 Å². The van der Waals surface area contributed by atoms with Gasteiger partial charge >= 0.3 is 0 Å². The van der Waals surface area contributed by atoms with Gasteiger partial charge in [-0.2, -0.15) is 0 Å². The SMILES string of the molecule is O=C(COCc1nnc(C(=O)Nc2cccc(Cl)c2)s1)NCC1CCCO1. The fourth-order valence-electron chi connectivity index (χ4n) is 2.47. The number of ether oxygens (including phenoxy) is 2. The predicted molar refractivity (Wildman–Crippen MR) is 101 cm³/mol. The zero-order valence-corrected chi connectivity index (χ0v) is 16.0. The number of amides is 2. The largest absolute Gasteiger partial charge is 0.376 e. The van der Waals surface area contributed by atoms with Crippen LogP contribution in [0.1, 0.15) is 27.7 Å². The second kappa shape index (κ2) is 9.75. The van der Waals surface area contributed by atoms with Crippen LogP contribution in [0.25, 0.3) is 0 Å². The highest BCUT2D eigenvalue weighted by Gasteiger charge is 2.17. The standard InChI is InChI=1S/C17H19ClN4O4S/c18-11-3-1-4-12(7-11)20-16(24)17-22-21-15(27-17)10-25-9-14(23)19-8-13-5-2-6-26-13/h1,3-4,7,13H,2,5-6,8-10H2,(H,19,23)(H,20,24). The number of nitrogens with one attached hydrogen (secondary N) is 2. The molecule has 10 heteroatoms. The maximum Gasteiger partial charge on any atom is 0.286 e. The minimum Gasteiger partial charge on any atom is -0.376 e. The van der Waals surface area contributed by atoms with Gasteiger partial charge in [-0.25, -0.2) is 0 Å². The molecule has 1 aromatic carbocycles. The maximum atomic E-state index is 12.2. The fourth-order valence-corrected chi connectivity index (χ4v) is 3.33. The Morgan fingerprint density at radius 1 is 1.37 bits per heavy atom. The second-order valence-corrected chi connectivity index (χ2v) is 7.40. The van der Waals surface area contributed by atoms with Crippen LogP contribution in [0.5, 0.6) is 0 Å². The molecule has 1 fully saturated rings. The van der Waals surface area contributed by atoms with Gasteiger partial charge in [-0.15, -0.1) is 10.2 Å². The summed E-state index contributed by atoms with van der Waals surface area (Å²) in [5.41, 5.74) is 0.573. The smallest absolute Gasteiger partial charge is 0.286 e. The summed E-state index contributed by atoms with van der Waals surface area (Å²) in [6.45, 7) is 1.27. The van der Waals surface area contributed by atoms with E-state index in [-0.39, 0.29) is 36.1 Å². The van der Waals surface area contributed by atoms with Crippen molar-refractivity contribution in [3.63, 3.8) is 0 Å². The lowest BCUT2D eigenvalue weighted by Crippen LogP contribution is -2.34. The first-order valence-corrected chi connectivity index (χ1v) is 9.65. The summed E-state index contributed by atoms with van der Waals surface area (Å²) in [6, 6.07) is 6.82. The molecular formula is C17H19ClN4O4S. The van der Waals surface area contributed by atoms with Crippen molar-refractivity contribution in [2.24, 2.45) is 0 Å². The van der Waals surface area contributed by atoms with Gasteiger partial charge in [0.05, 0.1) is 6.10 Å². The maximum absolute atomic E-state index is 12.2. The van der Waals surface area contributed by atoms with E-state index in [0.717, 1.165) is 30.8 Å². The van der Waals surface area contributed by atoms with Crippen LogP contribution in [0, 0.1) is 0 Å². The molecule has 3 rings (SSSR count). The number of hydrogen-bond acceptors (Lipinski definition) is 7. The van der Waals surface area contributed by atoms with Crippen molar-refractivity contribution in [3.8, 4) is 0 Å². The van der Waals surface area contributed by atoms with Gasteiger partial charge in [-0.05, 0) is 31.0 Å². The molecule has 27 heavy (non-hydrogen) atoms. The van der Waals surface area contributed by atoms with Crippen molar-refractivity contribution >= 4 is 40.4 Å². The topological polar surface area (TPSA) is 102 Å². The van der Waals surface area contributed by atoms with Crippen molar-refractivity contribution in [2.75, 3.05) is 25.1 Å². The summed E-state index contributed by atoms with van der Waals surface area (Å²) in [6.07, 6.45) is 2.09. The van der Waals surface area contributed by atoms with Crippen molar-refractivity contribution in [1.29, 1.82) is 0 Å². The Labute approximate surface area is 165 Å². The summed E-state index contributed by atoms with van der Waals surface area (Å²) in [5, 5.41) is 14.5. The van der Waals surface area contributed by atoms with E-state index in [4.69, 9.17) is 21.1 Å². The number of carbonyl (C=O) groups excluding carboxylic acids is 2. The average molecular weight is 411 g/mol. The number of benzene rings is 1. The van der Waals surface area contributed by atoms with Crippen LogP contribution in [0.4, 0.5) is 5.69 Å². The number of anilines is 1. The van der Waals surface area contributed by atoms with Crippen molar-refractivity contribution in [1.82, 2.24) is 15.5 Å². The molecule has 1 unspecified atom stereocenters. The predicted octanol–water partition coefficient (Wildman–Crippen LogP) is 2.26. The first-order valence-electron chi connectivity index (χ1n) is 8.45.